The van der Waals surface area contributed by atoms with Gasteiger partial charge in [0, 0.05) is 36.6 Å². The molecule has 19 heavy (non-hydrogen) atoms. The van der Waals surface area contributed by atoms with Crippen molar-refractivity contribution in [2.75, 3.05) is 13.7 Å². The summed E-state index contributed by atoms with van der Waals surface area (Å²) in [6.45, 7) is 2.68. The minimum Gasteiger partial charge on any atom is -0.477 e. The highest BCUT2D eigenvalue weighted by molar-refractivity contribution is 5.20. The van der Waals surface area contributed by atoms with Gasteiger partial charge >= 0.3 is 0 Å². The van der Waals surface area contributed by atoms with Crippen molar-refractivity contribution in [2.45, 2.75) is 19.4 Å². The molecule has 2 heterocycles. The standard InChI is InChI=1S/C15H19N3O/c1-12(16-2)13-6-7-15(18-11-13)19-10-8-14-5-3-4-9-17-14/h3-7,9,11-12,16H,8,10H2,1-2H3. The predicted molar refractivity (Wildman–Crippen MR) is 75.1 cm³/mol. The van der Waals surface area contributed by atoms with Gasteiger partial charge in [-0.2, -0.15) is 0 Å². The summed E-state index contributed by atoms with van der Waals surface area (Å²) in [5.74, 6) is 0.656. The van der Waals surface area contributed by atoms with E-state index in [2.05, 4.69) is 22.2 Å². The van der Waals surface area contributed by atoms with E-state index >= 15 is 0 Å². The van der Waals surface area contributed by atoms with E-state index in [1.165, 1.54) is 0 Å². The van der Waals surface area contributed by atoms with Crippen molar-refractivity contribution >= 4 is 0 Å². The molecule has 100 valence electrons. The van der Waals surface area contributed by atoms with Crippen molar-refractivity contribution in [3.05, 3.63) is 54.0 Å². The van der Waals surface area contributed by atoms with Gasteiger partial charge in [-0.1, -0.05) is 12.1 Å². The van der Waals surface area contributed by atoms with Crippen LogP contribution in [0.2, 0.25) is 0 Å². The summed E-state index contributed by atoms with van der Waals surface area (Å²) in [4.78, 5) is 8.55. The minimum absolute atomic E-state index is 0.301. The third-order valence-corrected chi connectivity index (χ3v) is 3.03. The molecule has 2 aromatic rings. The van der Waals surface area contributed by atoms with Crippen LogP contribution in [0.25, 0.3) is 0 Å². The van der Waals surface area contributed by atoms with Crippen LogP contribution >= 0.6 is 0 Å². The number of aromatic nitrogens is 2. The Balaban J connectivity index is 1.83. The summed E-state index contributed by atoms with van der Waals surface area (Å²) in [6, 6.07) is 10.1. The number of hydrogen-bond acceptors (Lipinski definition) is 4. The zero-order valence-electron chi connectivity index (χ0n) is 11.3. The summed E-state index contributed by atoms with van der Waals surface area (Å²) in [7, 11) is 1.93. The van der Waals surface area contributed by atoms with E-state index in [9.17, 15) is 0 Å². The van der Waals surface area contributed by atoms with Crippen LogP contribution in [0, 0.1) is 0 Å². The molecular formula is C15H19N3O. The number of nitrogens with one attached hydrogen (secondary N) is 1. The van der Waals surface area contributed by atoms with Gasteiger partial charge in [0.15, 0.2) is 0 Å². The van der Waals surface area contributed by atoms with Crippen LogP contribution in [0.1, 0.15) is 24.2 Å². The van der Waals surface area contributed by atoms with Crippen LogP contribution in [0.3, 0.4) is 0 Å². The molecule has 4 heteroatoms. The Morgan fingerprint density at radius 3 is 2.74 bits per heavy atom. The number of rotatable bonds is 6. The van der Waals surface area contributed by atoms with Crippen molar-refractivity contribution in [1.82, 2.24) is 15.3 Å². The van der Waals surface area contributed by atoms with Crippen molar-refractivity contribution in [3.63, 3.8) is 0 Å². The molecule has 2 aromatic heterocycles. The molecule has 1 atom stereocenters. The van der Waals surface area contributed by atoms with Crippen LogP contribution in [-0.2, 0) is 6.42 Å². The van der Waals surface area contributed by atoms with E-state index in [0.717, 1.165) is 17.7 Å². The average molecular weight is 257 g/mol. The second kappa shape index (κ2) is 6.85. The van der Waals surface area contributed by atoms with Crippen LogP contribution < -0.4 is 10.1 Å². The molecule has 0 fully saturated rings. The lowest BCUT2D eigenvalue weighted by atomic mass is 10.1. The van der Waals surface area contributed by atoms with Gasteiger partial charge in [0.1, 0.15) is 0 Å². The molecule has 0 amide bonds. The molecule has 0 bridgehead atoms. The fourth-order valence-electron chi connectivity index (χ4n) is 1.71. The van der Waals surface area contributed by atoms with Crippen LogP contribution in [-0.4, -0.2) is 23.6 Å². The van der Waals surface area contributed by atoms with Gasteiger partial charge in [0.05, 0.1) is 6.61 Å². The summed E-state index contributed by atoms with van der Waals surface area (Å²) >= 11 is 0. The van der Waals surface area contributed by atoms with Crippen molar-refractivity contribution in [2.24, 2.45) is 0 Å². The molecule has 1 N–H and O–H groups in total. The third kappa shape index (κ3) is 4.03. The van der Waals surface area contributed by atoms with Gasteiger partial charge in [0.2, 0.25) is 5.88 Å². The summed E-state index contributed by atoms with van der Waals surface area (Å²) in [5.41, 5.74) is 2.18. The van der Waals surface area contributed by atoms with E-state index in [1.54, 1.807) is 6.20 Å². The number of nitrogens with zero attached hydrogens (tertiary/aromatic N) is 2. The first kappa shape index (κ1) is 13.5. The van der Waals surface area contributed by atoms with E-state index in [-0.39, 0.29) is 0 Å². The maximum atomic E-state index is 5.61. The van der Waals surface area contributed by atoms with Crippen molar-refractivity contribution < 1.29 is 4.74 Å². The van der Waals surface area contributed by atoms with E-state index < -0.39 is 0 Å². The Morgan fingerprint density at radius 2 is 2.11 bits per heavy atom. The monoisotopic (exact) mass is 257 g/mol. The molecule has 0 aliphatic carbocycles. The minimum atomic E-state index is 0.301. The zero-order chi connectivity index (χ0) is 13.5. The van der Waals surface area contributed by atoms with Crippen molar-refractivity contribution in [1.29, 1.82) is 0 Å². The van der Waals surface area contributed by atoms with Crippen LogP contribution in [0.5, 0.6) is 5.88 Å². The van der Waals surface area contributed by atoms with Gasteiger partial charge in [-0.15, -0.1) is 0 Å². The Morgan fingerprint density at radius 1 is 1.21 bits per heavy atom. The molecule has 0 radical (unpaired) electrons. The van der Waals surface area contributed by atoms with E-state index in [4.69, 9.17) is 4.74 Å². The summed E-state index contributed by atoms with van der Waals surface area (Å²) in [6.07, 6.45) is 4.43. The molecule has 4 nitrogen and oxygen atoms in total. The number of ether oxygens (including phenoxy) is 1. The Labute approximate surface area is 113 Å². The average Bonchev–Trinajstić information content (AvgIpc) is 2.48. The van der Waals surface area contributed by atoms with Gasteiger partial charge in [0.25, 0.3) is 0 Å². The largest absolute Gasteiger partial charge is 0.477 e. The highest BCUT2D eigenvalue weighted by atomic mass is 16.5. The molecule has 2 rings (SSSR count). The zero-order valence-corrected chi connectivity index (χ0v) is 11.3. The maximum absolute atomic E-state index is 5.61. The maximum Gasteiger partial charge on any atom is 0.213 e. The molecule has 0 aliphatic heterocycles. The SMILES string of the molecule is CNC(C)c1ccc(OCCc2ccccn2)nc1. The first-order chi connectivity index (χ1) is 9.29. The van der Waals surface area contributed by atoms with Gasteiger partial charge in [-0.3, -0.25) is 4.98 Å². The molecule has 0 spiro atoms. The predicted octanol–water partition coefficient (Wildman–Crippen LogP) is 2.38. The van der Waals surface area contributed by atoms with E-state index in [1.807, 2.05) is 43.6 Å². The lowest BCUT2D eigenvalue weighted by Crippen LogP contribution is -2.12. The normalized spacial score (nSPS) is 12.1. The van der Waals surface area contributed by atoms with Gasteiger partial charge < -0.3 is 10.1 Å². The second-order valence-corrected chi connectivity index (χ2v) is 4.36. The molecule has 0 aromatic carbocycles. The van der Waals surface area contributed by atoms with Crippen LogP contribution in [0.4, 0.5) is 0 Å². The molecule has 0 aliphatic rings. The number of hydrogen-bond donors (Lipinski definition) is 1. The number of pyridine rings is 2. The Bertz CT molecular complexity index is 485. The quantitative estimate of drug-likeness (QED) is 0.863. The smallest absolute Gasteiger partial charge is 0.213 e. The van der Waals surface area contributed by atoms with Gasteiger partial charge in [-0.25, -0.2) is 4.98 Å². The molecule has 1 unspecified atom stereocenters. The second-order valence-electron chi connectivity index (χ2n) is 4.36. The fourth-order valence-corrected chi connectivity index (χ4v) is 1.71. The highest BCUT2D eigenvalue weighted by Crippen LogP contribution is 2.14. The highest BCUT2D eigenvalue weighted by Gasteiger charge is 2.03. The Kier molecular flexibility index (Phi) is 4.86. The topological polar surface area (TPSA) is 47.0 Å². The first-order valence-electron chi connectivity index (χ1n) is 6.45. The Hall–Kier alpha value is -1.94. The fraction of sp³-hybridized carbons (Fsp3) is 0.333. The van der Waals surface area contributed by atoms with Gasteiger partial charge in [-0.05, 0) is 31.7 Å². The van der Waals surface area contributed by atoms with Crippen LogP contribution in [0.15, 0.2) is 42.7 Å². The first-order valence-corrected chi connectivity index (χ1v) is 6.45. The molecular weight excluding hydrogens is 238 g/mol. The molecule has 0 saturated heterocycles. The lowest BCUT2D eigenvalue weighted by Gasteiger charge is -2.10. The lowest BCUT2D eigenvalue weighted by molar-refractivity contribution is 0.308. The van der Waals surface area contributed by atoms with E-state index in [0.29, 0.717) is 18.5 Å². The summed E-state index contributed by atoms with van der Waals surface area (Å²) in [5, 5.41) is 3.18. The molecule has 0 saturated carbocycles. The summed E-state index contributed by atoms with van der Waals surface area (Å²) < 4.78 is 5.61. The van der Waals surface area contributed by atoms with Crippen molar-refractivity contribution in [3.8, 4) is 5.88 Å². The third-order valence-electron chi connectivity index (χ3n) is 3.03.